The Morgan fingerprint density at radius 2 is 1.87 bits per heavy atom. The van der Waals surface area contributed by atoms with E-state index in [0.29, 0.717) is 27.7 Å². The van der Waals surface area contributed by atoms with E-state index >= 15 is 0 Å². The van der Waals surface area contributed by atoms with E-state index in [1.807, 2.05) is 41.5 Å². The molecular weight excluding hydrogens is 436 g/mol. The van der Waals surface area contributed by atoms with Gasteiger partial charge >= 0.3 is 0 Å². The van der Waals surface area contributed by atoms with E-state index in [9.17, 15) is 9.59 Å². The van der Waals surface area contributed by atoms with Crippen LogP contribution in [-0.4, -0.2) is 24.6 Å². The molecule has 1 aliphatic rings. The van der Waals surface area contributed by atoms with Gasteiger partial charge in [0.15, 0.2) is 0 Å². The Morgan fingerprint density at radius 3 is 2.63 bits per heavy atom. The van der Waals surface area contributed by atoms with E-state index in [4.69, 9.17) is 11.6 Å². The third kappa shape index (κ3) is 4.41. The van der Waals surface area contributed by atoms with Crippen LogP contribution in [0.1, 0.15) is 38.4 Å². The molecule has 1 aromatic heterocycles. The van der Waals surface area contributed by atoms with Gasteiger partial charge in [-0.05, 0) is 68.0 Å². The van der Waals surface area contributed by atoms with Gasteiger partial charge in [0.05, 0.1) is 15.6 Å². The summed E-state index contributed by atoms with van der Waals surface area (Å²) in [7, 11) is 0. The second kappa shape index (κ2) is 9.25. The fraction of sp³-hybridized carbons (Fsp3) is 0.217. The average Bonchev–Trinajstić information content (AvgIpc) is 3.02. The minimum Gasteiger partial charge on any atom is -0.322 e. The van der Waals surface area contributed by atoms with Crippen molar-refractivity contribution in [2.75, 3.05) is 23.0 Å². The van der Waals surface area contributed by atoms with Crippen LogP contribution in [0.25, 0.3) is 0 Å². The summed E-state index contributed by atoms with van der Waals surface area (Å²) in [5.74, 6) is -0.206. The van der Waals surface area contributed by atoms with Crippen LogP contribution in [0.15, 0.2) is 59.5 Å². The van der Waals surface area contributed by atoms with Crippen molar-refractivity contribution >= 4 is 57.9 Å². The molecule has 3 aromatic rings. The summed E-state index contributed by atoms with van der Waals surface area (Å²) in [6.07, 6.45) is 4.92. The van der Waals surface area contributed by atoms with Crippen LogP contribution < -0.4 is 10.2 Å². The first kappa shape index (κ1) is 21.0. The number of carbonyl (C=O) groups excluding carboxylic acids is 2. The fourth-order valence-electron chi connectivity index (χ4n) is 3.56. The number of rotatable bonds is 4. The number of aryl methyl sites for hydroxylation is 1. The summed E-state index contributed by atoms with van der Waals surface area (Å²) in [5.41, 5.74) is 2.81. The smallest absolute Gasteiger partial charge is 0.258 e. The second-order valence-corrected chi connectivity index (χ2v) is 9.62. The fourth-order valence-corrected chi connectivity index (χ4v) is 5.47. The van der Waals surface area contributed by atoms with Crippen LogP contribution in [0.2, 0.25) is 4.34 Å². The topological polar surface area (TPSA) is 49.4 Å². The number of halogens is 1. The van der Waals surface area contributed by atoms with Gasteiger partial charge in [-0.2, -0.15) is 0 Å². The van der Waals surface area contributed by atoms with Gasteiger partial charge in [-0.1, -0.05) is 23.7 Å². The van der Waals surface area contributed by atoms with Crippen molar-refractivity contribution in [1.29, 1.82) is 0 Å². The summed E-state index contributed by atoms with van der Waals surface area (Å²) < 4.78 is 0.711. The maximum atomic E-state index is 13.2. The van der Waals surface area contributed by atoms with Crippen molar-refractivity contribution < 1.29 is 9.59 Å². The first-order chi connectivity index (χ1) is 14.6. The number of nitrogens with zero attached hydrogens (tertiary/aromatic N) is 1. The molecule has 0 unspecified atom stereocenters. The van der Waals surface area contributed by atoms with Crippen LogP contribution in [0, 0.1) is 0 Å². The summed E-state index contributed by atoms with van der Waals surface area (Å²) >= 11 is 9.29. The van der Waals surface area contributed by atoms with Gasteiger partial charge in [-0.25, -0.2) is 0 Å². The van der Waals surface area contributed by atoms with Gasteiger partial charge in [0.25, 0.3) is 11.8 Å². The van der Waals surface area contributed by atoms with Crippen molar-refractivity contribution in [3.8, 4) is 0 Å². The van der Waals surface area contributed by atoms with E-state index in [2.05, 4.69) is 5.32 Å². The highest BCUT2D eigenvalue weighted by Gasteiger charge is 2.24. The molecule has 0 saturated heterocycles. The lowest BCUT2D eigenvalue weighted by molar-refractivity contribution is 0.0985. The normalized spacial score (nSPS) is 13.5. The Morgan fingerprint density at radius 1 is 1.10 bits per heavy atom. The quantitative estimate of drug-likeness (QED) is 0.465. The molecular formula is C23H21ClN2O2S2. The Labute approximate surface area is 189 Å². The number of fused-ring (bicyclic) bond motifs is 1. The zero-order chi connectivity index (χ0) is 21.1. The predicted octanol–water partition coefficient (Wildman–Crippen LogP) is 6.36. The lowest BCUT2D eigenvalue weighted by Crippen LogP contribution is -2.31. The lowest BCUT2D eigenvalue weighted by atomic mass is 10.1. The molecule has 0 radical (unpaired) electrons. The molecule has 0 atom stereocenters. The monoisotopic (exact) mass is 456 g/mol. The van der Waals surface area contributed by atoms with Crippen molar-refractivity contribution in [1.82, 2.24) is 0 Å². The Hall–Kier alpha value is -2.28. The standard InChI is InChI=1S/C23H21ClN2O2S2/c1-29-19-7-3-2-6-17(19)22(27)25-16-11-9-15(10-12-16)23(28)26-13-5-4-8-20-18(26)14-21(24)30-20/h2-3,6-7,9-12,14H,4-5,8,13H2,1H3,(H,25,27). The third-order valence-electron chi connectivity index (χ3n) is 5.07. The molecule has 2 amide bonds. The number of thioether (sulfide) groups is 1. The molecule has 7 heteroatoms. The highest BCUT2D eigenvalue weighted by atomic mass is 35.5. The molecule has 1 aliphatic heterocycles. The largest absolute Gasteiger partial charge is 0.322 e. The number of anilines is 2. The van der Waals surface area contributed by atoms with E-state index < -0.39 is 0 Å². The van der Waals surface area contributed by atoms with Crippen LogP contribution in [-0.2, 0) is 6.42 Å². The number of nitrogens with one attached hydrogen (secondary N) is 1. The molecule has 0 bridgehead atoms. The van der Waals surface area contributed by atoms with Gasteiger partial charge in [-0.3, -0.25) is 9.59 Å². The van der Waals surface area contributed by atoms with Crippen molar-refractivity contribution in [2.45, 2.75) is 24.2 Å². The number of carbonyl (C=O) groups is 2. The van der Waals surface area contributed by atoms with Gasteiger partial charge in [0.2, 0.25) is 0 Å². The van der Waals surface area contributed by atoms with Crippen molar-refractivity contribution in [3.63, 3.8) is 0 Å². The van der Waals surface area contributed by atoms with Gasteiger partial charge in [0, 0.05) is 27.6 Å². The molecule has 30 heavy (non-hydrogen) atoms. The molecule has 1 N–H and O–H groups in total. The predicted molar refractivity (Wildman–Crippen MR) is 127 cm³/mol. The molecule has 2 heterocycles. The minimum absolute atomic E-state index is 0.0433. The second-order valence-electron chi connectivity index (χ2n) is 7.00. The summed E-state index contributed by atoms with van der Waals surface area (Å²) in [4.78, 5) is 29.7. The Bertz CT molecular complexity index is 1080. The molecule has 154 valence electrons. The first-order valence-electron chi connectivity index (χ1n) is 9.71. The highest BCUT2D eigenvalue weighted by Crippen LogP contribution is 2.37. The third-order valence-corrected chi connectivity index (χ3v) is 7.18. The van der Waals surface area contributed by atoms with Crippen LogP contribution >= 0.6 is 34.7 Å². The van der Waals surface area contributed by atoms with Gasteiger partial charge in [0.1, 0.15) is 0 Å². The Balaban J connectivity index is 1.51. The highest BCUT2D eigenvalue weighted by molar-refractivity contribution is 7.98. The summed E-state index contributed by atoms with van der Waals surface area (Å²) in [6, 6.07) is 16.4. The van der Waals surface area contributed by atoms with E-state index in [1.54, 1.807) is 35.6 Å². The summed E-state index contributed by atoms with van der Waals surface area (Å²) in [5, 5.41) is 2.91. The van der Waals surface area contributed by atoms with Crippen LogP contribution in [0.3, 0.4) is 0 Å². The first-order valence-corrected chi connectivity index (χ1v) is 12.1. The maximum absolute atomic E-state index is 13.2. The molecule has 0 aliphatic carbocycles. The van der Waals surface area contributed by atoms with E-state index in [1.165, 1.54) is 16.6 Å². The van der Waals surface area contributed by atoms with Crippen molar-refractivity contribution in [3.05, 3.63) is 74.9 Å². The van der Waals surface area contributed by atoms with E-state index in [0.717, 1.165) is 29.8 Å². The number of thiophene rings is 1. The number of amides is 2. The molecule has 4 nitrogen and oxygen atoms in total. The van der Waals surface area contributed by atoms with Gasteiger partial charge < -0.3 is 10.2 Å². The zero-order valence-corrected chi connectivity index (χ0v) is 18.9. The van der Waals surface area contributed by atoms with Gasteiger partial charge in [-0.15, -0.1) is 23.1 Å². The van der Waals surface area contributed by atoms with Crippen LogP contribution in [0.5, 0.6) is 0 Å². The molecule has 0 saturated carbocycles. The molecule has 0 fully saturated rings. The van der Waals surface area contributed by atoms with E-state index in [-0.39, 0.29) is 11.8 Å². The number of hydrogen-bond acceptors (Lipinski definition) is 4. The number of hydrogen-bond donors (Lipinski definition) is 1. The van der Waals surface area contributed by atoms with Crippen LogP contribution in [0.4, 0.5) is 11.4 Å². The van der Waals surface area contributed by atoms with Crippen molar-refractivity contribution in [2.24, 2.45) is 0 Å². The minimum atomic E-state index is -0.163. The Kier molecular flexibility index (Phi) is 6.46. The maximum Gasteiger partial charge on any atom is 0.258 e. The SMILES string of the molecule is CSc1ccccc1C(=O)Nc1ccc(C(=O)N2CCCCc3sc(Cl)cc32)cc1. The molecule has 2 aromatic carbocycles. The zero-order valence-electron chi connectivity index (χ0n) is 16.5. The average molecular weight is 457 g/mol. The molecule has 4 rings (SSSR count). The lowest BCUT2D eigenvalue weighted by Gasteiger charge is -2.21. The summed E-state index contributed by atoms with van der Waals surface area (Å²) in [6.45, 7) is 0.683. The number of benzene rings is 2. The molecule has 0 spiro atoms.